The molecule has 2 aromatic carbocycles. The van der Waals surface area contributed by atoms with E-state index in [2.05, 4.69) is 0 Å². The van der Waals surface area contributed by atoms with E-state index in [0.717, 1.165) is 4.57 Å². The van der Waals surface area contributed by atoms with E-state index in [1.165, 1.54) is 0 Å². The Balaban J connectivity index is 2.74. The van der Waals surface area contributed by atoms with Gasteiger partial charge in [0.15, 0.2) is 0 Å². The Bertz CT molecular complexity index is 1250. The van der Waals surface area contributed by atoms with Crippen molar-refractivity contribution in [1.82, 2.24) is 4.57 Å². The molecule has 3 rings (SSSR count). The average Bonchev–Trinajstić information content (AvgIpc) is 2.96. The first-order chi connectivity index (χ1) is 14.4. The first kappa shape index (κ1) is 8.19. The maximum Gasteiger partial charge on any atom is 0.0826 e. The summed E-state index contributed by atoms with van der Waals surface area (Å²) in [4.78, 5) is 0. The molecule has 0 radical (unpaired) electrons. The van der Waals surface area contributed by atoms with Crippen molar-refractivity contribution in [2.24, 2.45) is 0 Å². The van der Waals surface area contributed by atoms with Crippen LogP contribution in [0.4, 0.5) is 0 Å². The third kappa shape index (κ3) is 2.93. The van der Waals surface area contributed by atoms with Gasteiger partial charge in [-0.15, -0.1) is 0 Å². The predicted octanol–water partition coefficient (Wildman–Crippen LogP) is 6.23. The molecule has 1 nitrogen and oxygen atoms in total. The molecular formula is C22H27N. The van der Waals surface area contributed by atoms with Crippen LogP contribution in [0.5, 0.6) is 0 Å². The summed E-state index contributed by atoms with van der Waals surface area (Å²) < 4.78 is 77.2. The second kappa shape index (κ2) is 5.26. The zero-order valence-corrected chi connectivity index (χ0v) is 14.4. The van der Waals surface area contributed by atoms with Crippen LogP contribution in [-0.4, -0.2) is 4.57 Å². The molecule has 0 spiro atoms. The minimum atomic E-state index is -0.644. The fraction of sp³-hybridized carbons (Fsp3) is 0.364. The number of rotatable bonds is 1. The SMILES string of the molecule is [2H]c1c([2H])c([2H])c(-n2c([2H])c(C(C)(C)C)c3c([2H])c(C(C)(C)C)c([2H])c([2H])c32)c([2H])c1[2H]. The first-order valence-corrected chi connectivity index (χ1v) is 7.67. The highest BCUT2D eigenvalue weighted by Gasteiger charge is 2.23. The Morgan fingerprint density at radius 2 is 1.48 bits per heavy atom. The molecule has 120 valence electrons. The summed E-state index contributed by atoms with van der Waals surface area (Å²) in [5.74, 6) is 0. The van der Waals surface area contributed by atoms with Gasteiger partial charge in [0, 0.05) is 17.2 Å². The number of hydrogen-bond donors (Lipinski definition) is 0. The average molecular weight is 315 g/mol. The van der Waals surface area contributed by atoms with Gasteiger partial charge in [-0.1, -0.05) is 65.7 Å². The minimum Gasteiger partial charge on any atom is -0.316 e. The summed E-state index contributed by atoms with van der Waals surface area (Å²) in [5.41, 5.74) is -0.649. The van der Waals surface area contributed by atoms with Crippen molar-refractivity contribution >= 4 is 10.9 Å². The van der Waals surface area contributed by atoms with Gasteiger partial charge in [0.05, 0.1) is 17.9 Å². The van der Waals surface area contributed by atoms with Gasteiger partial charge in [-0.2, -0.15) is 0 Å². The van der Waals surface area contributed by atoms with Crippen molar-refractivity contribution in [3.05, 3.63) is 65.6 Å². The van der Waals surface area contributed by atoms with Gasteiger partial charge in [0.25, 0.3) is 0 Å². The monoisotopic (exact) mass is 314 g/mol. The van der Waals surface area contributed by atoms with Crippen molar-refractivity contribution in [1.29, 1.82) is 0 Å². The second-order valence-corrected chi connectivity index (χ2v) is 7.77. The number of aromatic nitrogens is 1. The van der Waals surface area contributed by atoms with E-state index in [1.54, 1.807) is 0 Å². The molecule has 1 aromatic heterocycles. The highest BCUT2D eigenvalue weighted by molar-refractivity contribution is 5.87. The lowest BCUT2D eigenvalue weighted by molar-refractivity contribution is 0.587. The molecule has 0 aliphatic carbocycles. The summed E-state index contributed by atoms with van der Waals surface area (Å²) in [7, 11) is 0. The molecule has 1 heterocycles. The van der Waals surface area contributed by atoms with Crippen LogP contribution >= 0.6 is 0 Å². The maximum absolute atomic E-state index is 8.95. The Morgan fingerprint density at radius 3 is 2.04 bits per heavy atom. The van der Waals surface area contributed by atoms with Gasteiger partial charge in [-0.05, 0) is 46.1 Å². The largest absolute Gasteiger partial charge is 0.316 e. The zero-order chi connectivity index (χ0) is 24.7. The minimum absolute atomic E-state index is 0.0260. The van der Waals surface area contributed by atoms with E-state index in [1.807, 2.05) is 41.5 Å². The summed E-state index contributed by atoms with van der Waals surface area (Å²) in [6, 6.07) is -3.02. The molecule has 0 saturated heterocycles. The van der Waals surface area contributed by atoms with Crippen molar-refractivity contribution < 1.29 is 12.3 Å². The Morgan fingerprint density at radius 1 is 0.826 bits per heavy atom. The Kier molecular flexibility index (Phi) is 1.87. The van der Waals surface area contributed by atoms with Gasteiger partial charge in [-0.25, -0.2) is 0 Å². The van der Waals surface area contributed by atoms with Crippen LogP contribution in [0.25, 0.3) is 16.6 Å². The van der Waals surface area contributed by atoms with Gasteiger partial charge in [0.2, 0.25) is 0 Å². The van der Waals surface area contributed by atoms with Crippen molar-refractivity contribution in [3.63, 3.8) is 0 Å². The van der Waals surface area contributed by atoms with Crippen LogP contribution in [-0.2, 0) is 10.8 Å². The molecule has 23 heavy (non-hydrogen) atoms. The summed E-state index contributed by atoms with van der Waals surface area (Å²) >= 11 is 0. The van der Waals surface area contributed by atoms with E-state index in [9.17, 15) is 0 Å². The lowest BCUT2D eigenvalue weighted by Gasteiger charge is -2.21. The van der Waals surface area contributed by atoms with Gasteiger partial charge >= 0.3 is 0 Å². The molecular weight excluding hydrogens is 278 g/mol. The fourth-order valence-electron chi connectivity index (χ4n) is 2.41. The number of benzene rings is 2. The summed E-state index contributed by atoms with van der Waals surface area (Å²) in [6.45, 7) is 11.2. The van der Waals surface area contributed by atoms with Crippen molar-refractivity contribution in [2.75, 3.05) is 0 Å². The highest BCUT2D eigenvalue weighted by Crippen LogP contribution is 2.36. The molecule has 0 N–H and O–H groups in total. The molecule has 1 heteroatoms. The third-order valence-corrected chi connectivity index (χ3v) is 3.70. The molecule has 0 unspecified atom stereocenters. The molecule has 0 aliphatic heterocycles. The second-order valence-electron chi connectivity index (χ2n) is 7.77. The van der Waals surface area contributed by atoms with Crippen LogP contribution in [0.1, 0.15) is 65.0 Å². The predicted molar refractivity (Wildman–Crippen MR) is 101 cm³/mol. The molecule has 3 aromatic rings. The van der Waals surface area contributed by atoms with Crippen molar-refractivity contribution in [2.45, 2.75) is 52.4 Å². The van der Waals surface area contributed by atoms with Gasteiger partial charge in [0.1, 0.15) is 0 Å². The van der Waals surface area contributed by atoms with E-state index < -0.39 is 41.0 Å². The van der Waals surface area contributed by atoms with E-state index >= 15 is 0 Å². The number of para-hydroxylation sites is 1. The van der Waals surface area contributed by atoms with Crippen LogP contribution in [0.15, 0.2) is 54.5 Å². The number of fused-ring (bicyclic) bond motifs is 1. The van der Waals surface area contributed by atoms with E-state index in [-0.39, 0.29) is 35.5 Å². The first-order valence-electron chi connectivity index (χ1n) is 12.2. The van der Waals surface area contributed by atoms with E-state index in [0.29, 0.717) is 16.5 Å². The highest BCUT2D eigenvalue weighted by atomic mass is 15.0. The molecule has 0 atom stereocenters. The van der Waals surface area contributed by atoms with Crippen molar-refractivity contribution in [3.8, 4) is 5.69 Å². The standard InChI is InChI=1S/C22H27N/c1-21(2,3)16-12-13-20-18(14-16)19(22(4,5)6)15-23(20)17-10-8-7-9-11-17/h7-15H,1-6H3/i7D,8D,9D,10D,11D,12D,13D,14D,15D. The van der Waals surface area contributed by atoms with Gasteiger partial charge < -0.3 is 4.57 Å². The van der Waals surface area contributed by atoms with Crippen LogP contribution in [0.3, 0.4) is 0 Å². The molecule has 0 amide bonds. The lowest BCUT2D eigenvalue weighted by atomic mass is 9.83. The normalized spacial score (nSPS) is 18.3. The van der Waals surface area contributed by atoms with E-state index in [4.69, 9.17) is 12.3 Å². The molecule has 0 bridgehead atoms. The van der Waals surface area contributed by atoms with Crippen LogP contribution in [0, 0.1) is 0 Å². The van der Waals surface area contributed by atoms with Gasteiger partial charge in [-0.3, -0.25) is 0 Å². The summed E-state index contributed by atoms with van der Waals surface area (Å²) in [6.07, 6.45) is -0.154. The molecule has 0 saturated carbocycles. The lowest BCUT2D eigenvalue weighted by Crippen LogP contribution is -2.12. The topological polar surface area (TPSA) is 4.93 Å². The fourth-order valence-corrected chi connectivity index (χ4v) is 2.41. The molecule has 0 aliphatic rings. The number of hydrogen-bond acceptors (Lipinski definition) is 0. The Labute approximate surface area is 152 Å². The maximum atomic E-state index is 8.95. The number of nitrogens with zero attached hydrogens (tertiary/aromatic N) is 1. The Hall–Kier alpha value is -2.02. The third-order valence-electron chi connectivity index (χ3n) is 3.70. The van der Waals surface area contributed by atoms with Crippen LogP contribution in [0.2, 0.25) is 0 Å². The molecule has 0 fully saturated rings. The summed E-state index contributed by atoms with van der Waals surface area (Å²) in [5, 5.41) is 0.306. The smallest absolute Gasteiger partial charge is 0.0826 e. The zero-order valence-electron chi connectivity index (χ0n) is 23.4. The quantitative estimate of drug-likeness (QED) is 0.502. The van der Waals surface area contributed by atoms with Crippen LogP contribution < -0.4 is 0 Å².